The Bertz CT molecular complexity index is 1130. The average Bonchev–Trinajstić information content (AvgIpc) is 3.03. The van der Waals surface area contributed by atoms with E-state index in [9.17, 15) is 9.59 Å². The molecule has 0 bridgehead atoms. The summed E-state index contributed by atoms with van der Waals surface area (Å²) in [6.07, 6.45) is 7.44. The normalized spacial score (nSPS) is 13.9. The van der Waals surface area contributed by atoms with Crippen molar-refractivity contribution in [2.45, 2.75) is 65.8 Å². The molecule has 3 aromatic rings. The number of benzene rings is 1. The van der Waals surface area contributed by atoms with Crippen LogP contribution < -0.4 is 21.7 Å². The first-order valence-corrected chi connectivity index (χ1v) is 10.8. The van der Waals surface area contributed by atoms with Crippen molar-refractivity contribution in [3.63, 3.8) is 0 Å². The minimum absolute atomic E-state index is 0. The molecule has 0 saturated heterocycles. The number of aromatic nitrogens is 2. The summed E-state index contributed by atoms with van der Waals surface area (Å²) in [5, 5.41) is 0. The van der Waals surface area contributed by atoms with Gasteiger partial charge in [0.15, 0.2) is 5.69 Å². The van der Waals surface area contributed by atoms with Gasteiger partial charge in [-0.05, 0) is 56.7 Å². The Hall–Kier alpha value is -2.37. The van der Waals surface area contributed by atoms with E-state index in [1.807, 2.05) is 52.8 Å². The minimum Gasteiger partial charge on any atom is -1.00 e. The number of carbonyl (C=O) groups is 2. The number of carbonyl (C=O) groups excluding carboxylic acids is 2. The summed E-state index contributed by atoms with van der Waals surface area (Å²) >= 11 is 0. The largest absolute Gasteiger partial charge is 1.00 e. The summed E-state index contributed by atoms with van der Waals surface area (Å²) in [6.45, 7) is 7.30. The van der Waals surface area contributed by atoms with Gasteiger partial charge in [-0.3, -0.25) is 9.59 Å². The highest BCUT2D eigenvalue weighted by Gasteiger charge is 2.39. The highest BCUT2D eigenvalue weighted by atomic mass is 35.5. The van der Waals surface area contributed by atoms with Crippen molar-refractivity contribution in [2.24, 2.45) is 0 Å². The van der Waals surface area contributed by atoms with Gasteiger partial charge in [0, 0.05) is 25.5 Å². The van der Waals surface area contributed by atoms with Crippen molar-refractivity contribution in [3.05, 3.63) is 53.7 Å². The molecule has 0 aliphatic heterocycles. The predicted octanol–water partition coefficient (Wildman–Crippen LogP) is 2.28. The lowest BCUT2D eigenvalue weighted by molar-refractivity contribution is -0.496. The van der Waals surface area contributed by atoms with Crippen LogP contribution in [-0.4, -0.2) is 22.4 Å². The number of imidazole rings is 1. The number of fused-ring (bicyclic) bond motifs is 1. The maximum Gasteiger partial charge on any atom is 0.284 e. The van der Waals surface area contributed by atoms with Crippen LogP contribution in [0.25, 0.3) is 16.9 Å². The third-order valence-electron chi connectivity index (χ3n) is 6.21. The van der Waals surface area contributed by atoms with E-state index in [1.54, 1.807) is 18.4 Å². The quantitative estimate of drug-likeness (QED) is 0.545. The zero-order valence-electron chi connectivity index (χ0n) is 19.1. The van der Waals surface area contributed by atoms with Crippen LogP contribution in [0.15, 0.2) is 42.6 Å². The molecule has 1 saturated carbocycles. The van der Waals surface area contributed by atoms with Crippen molar-refractivity contribution in [3.8, 4) is 11.3 Å². The first-order chi connectivity index (χ1) is 14.4. The maximum absolute atomic E-state index is 13.0. The number of hydrogen-bond acceptors (Lipinski definition) is 2. The molecule has 2 heterocycles. The van der Waals surface area contributed by atoms with E-state index in [0.717, 1.165) is 59.5 Å². The smallest absolute Gasteiger partial charge is 0.284 e. The van der Waals surface area contributed by atoms with Gasteiger partial charge >= 0.3 is 0 Å². The summed E-state index contributed by atoms with van der Waals surface area (Å²) in [5.41, 5.74) is 4.72. The van der Waals surface area contributed by atoms with Gasteiger partial charge < -0.3 is 12.4 Å². The summed E-state index contributed by atoms with van der Waals surface area (Å²) in [7, 11) is 0. The van der Waals surface area contributed by atoms with Gasteiger partial charge in [0.2, 0.25) is 5.65 Å². The molecule has 7 heteroatoms. The zero-order valence-corrected chi connectivity index (χ0v) is 20.7. The second-order valence-corrected chi connectivity index (χ2v) is 8.45. The van der Waals surface area contributed by atoms with E-state index in [0.29, 0.717) is 0 Å². The minimum atomic E-state index is -0.0604. The predicted molar refractivity (Wildman–Crippen MR) is 126 cm³/mol. The van der Waals surface area contributed by atoms with Crippen LogP contribution in [0.5, 0.6) is 0 Å². The zero-order chi connectivity index (χ0) is 21.4. The Morgan fingerprint density at radius 1 is 1.03 bits per heavy atom. The third-order valence-corrected chi connectivity index (χ3v) is 6.21. The van der Waals surface area contributed by atoms with Gasteiger partial charge in [0.05, 0.1) is 12.2 Å². The molecule has 0 atom stereocenters. The number of pyridine rings is 1. The molecular formula is C25H31Cl2N3O2. The number of nitrogens with zero attached hydrogens (tertiary/aromatic N) is 3. The standard InChI is InChI=1S/C25H30N3O2.2ClH/c1-17-14-15-26-23(16-17)28(20(4)30)24(22-13-9-8-10-18(22)2)25(26)27(19(3)29)21-11-6-5-7-12-21;;/h8-10,13-16,21H,5-7,11-12H2,1-4H3;2*1H/q+1;;/p-1. The fourth-order valence-electron chi connectivity index (χ4n) is 4.82. The van der Waals surface area contributed by atoms with Crippen LogP contribution in [0.4, 0.5) is 5.82 Å². The molecule has 0 N–H and O–H groups in total. The van der Waals surface area contributed by atoms with Gasteiger partial charge in [0.25, 0.3) is 17.6 Å². The number of hydrogen-bond donors (Lipinski definition) is 0. The molecular weight excluding hydrogens is 445 g/mol. The van der Waals surface area contributed by atoms with Crippen LogP contribution in [-0.2, 0) is 4.79 Å². The lowest BCUT2D eigenvalue weighted by Gasteiger charge is -2.29. The van der Waals surface area contributed by atoms with E-state index in [1.165, 1.54) is 6.42 Å². The Morgan fingerprint density at radius 3 is 2.28 bits per heavy atom. The number of anilines is 1. The summed E-state index contributed by atoms with van der Waals surface area (Å²) in [6, 6.07) is 12.3. The highest BCUT2D eigenvalue weighted by molar-refractivity contribution is 5.98. The van der Waals surface area contributed by atoms with Gasteiger partial charge in [-0.2, -0.15) is 4.57 Å². The molecule has 1 aromatic carbocycles. The summed E-state index contributed by atoms with van der Waals surface area (Å²) < 4.78 is 3.79. The van der Waals surface area contributed by atoms with Gasteiger partial charge in [-0.1, -0.05) is 30.7 Å². The Morgan fingerprint density at radius 2 is 1.69 bits per heavy atom. The topological polar surface area (TPSA) is 46.4 Å². The van der Waals surface area contributed by atoms with Crippen molar-refractivity contribution in [1.82, 2.24) is 4.57 Å². The average molecular weight is 476 g/mol. The molecule has 1 amide bonds. The third kappa shape index (κ3) is 4.55. The number of aryl methyl sites for hydroxylation is 2. The Labute approximate surface area is 202 Å². The molecule has 4 rings (SSSR count). The number of halogens is 2. The fourth-order valence-corrected chi connectivity index (χ4v) is 4.82. The van der Waals surface area contributed by atoms with Gasteiger partial charge in [-0.15, -0.1) is 12.4 Å². The molecule has 5 nitrogen and oxygen atoms in total. The molecule has 0 radical (unpaired) electrons. The van der Waals surface area contributed by atoms with Crippen molar-refractivity contribution >= 4 is 35.7 Å². The fraction of sp³-hybridized carbons (Fsp3) is 0.400. The first-order valence-electron chi connectivity index (χ1n) is 10.8. The second kappa shape index (κ2) is 10.5. The maximum atomic E-state index is 13.0. The van der Waals surface area contributed by atoms with Crippen LogP contribution in [0.3, 0.4) is 0 Å². The van der Waals surface area contributed by atoms with E-state index in [4.69, 9.17) is 0 Å². The molecule has 172 valence electrons. The number of amides is 1. The summed E-state index contributed by atoms with van der Waals surface area (Å²) in [5.74, 6) is 0.760. The van der Waals surface area contributed by atoms with Crippen molar-refractivity contribution in [1.29, 1.82) is 0 Å². The van der Waals surface area contributed by atoms with E-state index < -0.39 is 0 Å². The molecule has 1 fully saturated rings. The molecule has 0 unspecified atom stereocenters. The first kappa shape index (κ1) is 25.9. The molecule has 1 aliphatic rings. The van der Waals surface area contributed by atoms with Gasteiger partial charge in [0.1, 0.15) is 0 Å². The van der Waals surface area contributed by atoms with Crippen LogP contribution in [0.2, 0.25) is 0 Å². The van der Waals surface area contributed by atoms with Crippen LogP contribution in [0, 0.1) is 13.8 Å². The second-order valence-electron chi connectivity index (χ2n) is 8.45. The number of rotatable bonds is 3. The molecule has 32 heavy (non-hydrogen) atoms. The van der Waals surface area contributed by atoms with Crippen LogP contribution in [0.1, 0.15) is 61.9 Å². The highest BCUT2D eigenvalue weighted by Crippen LogP contribution is 2.36. The summed E-state index contributed by atoms with van der Waals surface area (Å²) in [4.78, 5) is 27.9. The molecule has 0 spiro atoms. The monoisotopic (exact) mass is 475 g/mol. The SMILES string of the molecule is CC(=O)N(c1c(-c2ccccc2C)n(C(C)=O)c2cc(C)cc[n+]12)C1CCCCC1.Cl.[Cl-]. The van der Waals surface area contributed by atoms with Gasteiger partial charge in [-0.25, -0.2) is 9.30 Å². The van der Waals surface area contributed by atoms with Crippen molar-refractivity contribution < 1.29 is 26.4 Å². The van der Waals surface area contributed by atoms with E-state index >= 15 is 0 Å². The lowest BCUT2D eigenvalue weighted by atomic mass is 9.93. The van der Waals surface area contributed by atoms with E-state index in [-0.39, 0.29) is 42.7 Å². The molecule has 2 aromatic heterocycles. The van der Waals surface area contributed by atoms with E-state index in [2.05, 4.69) is 13.0 Å². The molecule has 1 aliphatic carbocycles. The lowest BCUT2D eigenvalue weighted by Crippen LogP contribution is -3.00. The Kier molecular flexibility index (Phi) is 8.49. The van der Waals surface area contributed by atoms with Crippen LogP contribution >= 0.6 is 12.4 Å². The Balaban J connectivity index is 0.00000181. The van der Waals surface area contributed by atoms with Crippen molar-refractivity contribution in [2.75, 3.05) is 4.90 Å².